The lowest BCUT2D eigenvalue weighted by Gasteiger charge is -2.60. The van der Waals surface area contributed by atoms with Gasteiger partial charge in [-0.05, 0) is 117 Å². The fourth-order valence-corrected chi connectivity index (χ4v) is 14.1. The number of anilines is 3. The molecule has 2 aliphatic carbocycles. The molecule has 0 radical (unpaired) electrons. The standard InChI is InChI=1S/C59H67FN12O5/c1-34(2)53(56(75)71-33-43(73)22-50(71)55-64-58(3,77-68-55)39-14-12-36(13-15-39)44-8-4-6-10-46(44)60)52-24-47(67-76-52)37-25-59(26-37)27-42(28-59)69-20-18-35(19-21-69)38-29-62-57(63-30-38)72-40-16-17-41(72)32-70(31-40)49-23-48(65-66-54(49)61)45-9-5-7-11-51(45)74/h4-15,23-24,29-30,34-35,37,40-43,50,53,73-74H,16-22,25-28,31-33H2,1-3H3,(H2,61,66)(H,64,68)/t37-,40?,41?,42-,43-,50+,53-,58+,59?/m1/s1. The van der Waals surface area contributed by atoms with E-state index in [0.717, 1.165) is 93.2 Å². The number of para-hydroxylation sites is 1. The van der Waals surface area contributed by atoms with Crippen molar-refractivity contribution in [2.24, 2.45) is 16.5 Å². The minimum absolute atomic E-state index is 0.0834. The van der Waals surface area contributed by atoms with Crippen LogP contribution >= 0.6 is 0 Å². The molecule has 2 unspecified atom stereocenters. The molecule has 6 fully saturated rings. The van der Waals surface area contributed by atoms with Crippen molar-refractivity contribution in [3.8, 4) is 28.1 Å². The molecule has 4 saturated heterocycles. The van der Waals surface area contributed by atoms with E-state index < -0.39 is 23.8 Å². The zero-order valence-electron chi connectivity index (χ0n) is 43.9. The molecule has 400 valence electrons. The monoisotopic (exact) mass is 1040 g/mol. The second kappa shape index (κ2) is 19.4. The number of phenols is 1. The highest BCUT2D eigenvalue weighted by Crippen LogP contribution is 2.63. The zero-order chi connectivity index (χ0) is 52.7. The summed E-state index contributed by atoms with van der Waals surface area (Å²) in [5.41, 5.74) is 12.0. The first-order chi connectivity index (χ1) is 37.3. The first-order valence-electron chi connectivity index (χ1n) is 27.6. The highest BCUT2D eigenvalue weighted by atomic mass is 19.1. The van der Waals surface area contributed by atoms with Crippen LogP contribution in [0.5, 0.6) is 5.75 Å². The van der Waals surface area contributed by atoms with Gasteiger partial charge in [-0.3, -0.25) is 4.79 Å². The Labute approximate surface area is 447 Å². The van der Waals surface area contributed by atoms with Gasteiger partial charge in [-0.25, -0.2) is 14.4 Å². The number of nitrogens with zero attached hydrogens (tertiary/aromatic N) is 10. The number of phenolic OH excluding ortho intramolecular Hbond substituents is 1. The summed E-state index contributed by atoms with van der Waals surface area (Å²) >= 11 is 0. The van der Waals surface area contributed by atoms with Crippen molar-refractivity contribution in [1.82, 2.24) is 40.4 Å². The van der Waals surface area contributed by atoms with Gasteiger partial charge in [-0.1, -0.05) is 78.8 Å². The molecule has 3 aromatic carbocycles. The van der Waals surface area contributed by atoms with E-state index in [1.807, 2.05) is 75.4 Å². The number of nitrogens with one attached hydrogen (secondary N) is 1. The number of piperazine rings is 1. The maximum absolute atomic E-state index is 14.6. The van der Waals surface area contributed by atoms with Gasteiger partial charge in [-0.15, -0.1) is 10.2 Å². The van der Waals surface area contributed by atoms with Crippen molar-refractivity contribution in [1.29, 1.82) is 0 Å². The first-order valence-corrected chi connectivity index (χ1v) is 27.6. The Bertz CT molecular complexity index is 3170. The predicted octanol–water partition coefficient (Wildman–Crippen LogP) is 8.29. The summed E-state index contributed by atoms with van der Waals surface area (Å²) in [6.45, 7) is 9.80. The third-order valence-corrected chi connectivity index (χ3v) is 18.3. The Morgan fingerprint density at radius 3 is 2.25 bits per heavy atom. The van der Waals surface area contributed by atoms with Crippen molar-refractivity contribution in [2.45, 2.75) is 132 Å². The summed E-state index contributed by atoms with van der Waals surface area (Å²) in [6.07, 6.45) is 12.6. The van der Waals surface area contributed by atoms with E-state index in [1.165, 1.54) is 24.5 Å². The number of β-amino-alcohol motifs (C(OH)–C–C–N with tert-alkyl or cyclic N) is 1. The number of aliphatic hydroxyl groups is 1. The van der Waals surface area contributed by atoms with Crippen LogP contribution in [0.4, 0.5) is 21.8 Å². The SMILES string of the molecule is CC(C)[C@@H](C(=O)N1C[C@H](O)C[C@H]1C1=NO[C@@](C)(c2ccc(-c3ccccc3F)cc2)N1)c1cc([C@H]2CC3(C2)C[C@H](N2CCC(c4cnc(N5C6CCC5CN(c5cc(-c7ccccc7O)nnc5N)C6)nc4)CC2)C3)no1. The second-order valence-electron chi connectivity index (χ2n) is 23.6. The van der Waals surface area contributed by atoms with Gasteiger partial charge in [0.2, 0.25) is 17.6 Å². The van der Waals surface area contributed by atoms with E-state index in [2.05, 4.69) is 52.9 Å². The first kappa shape index (κ1) is 49.4. The van der Waals surface area contributed by atoms with Crippen molar-refractivity contribution in [3.63, 3.8) is 0 Å². The summed E-state index contributed by atoms with van der Waals surface area (Å²) in [6, 6.07) is 25.9. The minimum atomic E-state index is -1.02. The highest BCUT2D eigenvalue weighted by molar-refractivity contribution is 5.94. The van der Waals surface area contributed by atoms with Crippen molar-refractivity contribution < 1.29 is 28.8 Å². The molecular formula is C59H67FN12O5. The fraction of sp³-hybridized carbons (Fsp3) is 0.475. The summed E-state index contributed by atoms with van der Waals surface area (Å²) in [5.74, 6) is 2.05. The average Bonchev–Trinajstić information content (AvgIpc) is 4.22. The largest absolute Gasteiger partial charge is 0.507 e. The lowest BCUT2D eigenvalue weighted by molar-refractivity contribution is -0.134. The number of nitrogens with two attached hydrogens (primary N) is 1. The second-order valence-corrected chi connectivity index (χ2v) is 23.6. The van der Waals surface area contributed by atoms with Crippen molar-refractivity contribution >= 4 is 29.2 Å². The van der Waals surface area contributed by atoms with Crippen LogP contribution in [-0.4, -0.2) is 120 Å². The number of oxime groups is 1. The van der Waals surface area contributed by atoms with E-state index in [4.69, 9.17) is 25.1 Å². The predicted molar refractivity (Wildman–Crippen MR) is 289 cm³/mol. The van der Waals surface area contributed by atoms with Crippen LogP contribution in [0, 0.1) is 17.2 Å². The maximum atomic E-state index is 14.6. The number of hydrogen-bond donors (Lipinski definition) is 4. The Morgan fingerprint density at radius 1 is 0.844 bits per heavy atom. The van der Waals surface area contributed by atoms with Gasteiger partial charge in [0.05, 0.1) is 29.2 Å². The molecule has 8 heterocycles. The minimum Gasteiger partial charge on any atom is -0.507 e. The zero-order valence-corrected chi connectivity index (χ0v) is 43.9. The van der Waals surface area contributed by atoms with E-state index in [9.17, 15) is 19.4 Å². The topological polar surface area (TPSA) is 208 Å². The number of aromatic hydroxyl groups is 1. The molecule has 3 aromatic heterocycles. The number of carbonyl (C=O) groups excluding carboxylic acids is 1. The molecule has 1 amide bonds. The number of amides is 1. The molecule has 6 atom stereocenters. The summed E-state index contributed by atoms with van der Waals surface area (Å²) in [7, 11) is 0. The molecule has 17 nitrogen and oxygen atoms in total. The van der Waals surface area contributed by atoms with Gasteiger partial charge in [0.15, 0.2) is 11.7 Å². The molecule has 18 heteroatoms. The van der Waals surface area contributed by atoms with Crippen molar-refractivity contribution in [3.05, 3.63) is 126 Å². The van der Waals surface area contributed by atoms with Crippen LogP contribution in [0.25, 0.3) is 22.4 Å². The number of nitrogen functional groups attached to an aromatic ring is 1. The lowest BCUT2D eigenvalue weighted by atomic mass is 9.49. The molecule has 6 aromatic rings. The Morgan fingerprint density at radius 2 is 1.55 bits per heavy atom. The van der Waals surface area contributed by atoms with Gasteiger partial charge >= 0.3 is 0 Å². The molecule has 7 aliphatic rings. The number of halogens is 1. The van der Waals surface area contributed by atoms with Crippen LogP contribution in [0.1, 0.15) is 119 Å². The Balaban J connectivity index is 0.581. The van der Waals surface area contributed by atoms with E-state index in [-0.39, 0.29) is 42.0 Å². The van der Waals surface area contributed by atoms with Crippen LogP contribution in [-0.2, 0) is 15.4 Å². The van der Waals surface area contributed by atoms with E-state index in [0.29, 0.717) is 63.9 Å². The van der Waals surface area contributed by atoms with E-state index >= 15 is 0 Å². The van der Waals surface area contributed by atoms with Gasteiger partial charge in [0, 0.05) is 92.2 Å². The number of carbonyl (C=O) groups is 1. The molecule has 13 rings (SSSR count). The van der Waals surface area contributed by atoms with Crippen LogP contribution in [0.15, 0.2) is 107 Å². The van der Waals surface area contributed by atoms with Crippen LogP contribution in [0.3, 0.4) is 0 Å². The Hall–Kier alpha value is -7.18. The molecular weight excluding hydrogens is 976 g/mol. The van der Waals surface area contributed by atoms with Gasteiger partial charge in [-0.2, -0.15) is 0 Å². The number of rotatable bonds is 12. The van der Waals surface area contributed by atoms with Gasteiger partial charge in [0.25, 0.3) is 0 Å². The summed E-state index contributed by atoms with van der Waals surface area (Å²) in [4.78, 5) is 39.7. The number of aliphatic hydroxyl groups excluding tert-OH is 1. The third kappa shape index (κ3) is 9.00. The smallest absolute Gasteiger partial charge is 0.234 e. The number of amidine groups is 1. The number of benzene rings is 3. The molecule has 2 saturated carbocycles. The number of aromatic nitrogens is 5. The van der Waals surface area contributed by atoms with Crippen molar-refractivity contribution in [2.75, 3.05) is 48.3 Å². The molecule has 77 heavy (non-hydrogen) atoms. The van der Waals surface area contributed by atoms with E-state index in [1.54, 1.807) is 29.2 Å². The summed E-state index contributed by atoms with van der Waals surface area (Å²) < 4.78 is 20.6. The Kier molecular flexibility index (Phi) is 12.4. The van der Waals surface area contributed by atoms with Crippen LogP contribution < -0.4 is 20.9 Å². The molecule has 2 bridgehead atoms. The average molecular weight is 1040 g/mol. The summed E-state index contributed by atoms with van der Waals surface area (Å²) in [5, 5.41) is 42.4. The molecule has 1 spiro atoms. The fourth-order valence-electron chi connectivity index (χ4n) is 14.1. The molecule has 5 N–H and O–H groups in total. The van der Waals surface area contributed by atoms with Crippen LogP contribution in [0.2, 0.25) is 0 Å². The lowest BCUT2D eigenvalue weighted by Crippen LogP contribution is -2.57. The third-order valence-electron chi connectivity index (χ3n) is 18.3. The number of piperidine rings is 1. The molecule has 5 aliphatic heterocycles. The highest BCUT2D eigenvalue weighted by Gasteiger charge is 2.56. The van der Waals surface area contributed by atoms with Gasteiger partial charge in [0.1, 0.15) is 23.2 Å². The number of hydrogen-bond acceptors (Lipinski definition) is 16. The number of fused-ring (bicyclic) bond motifs is 2. The quantitative estimate of drug-likeness (QED) is 0.0910. The number of likely N-dealkylation sites (tertiary alicyclic amines) is 2. The maximum Gasteiger partial charge on any atom is 0.234 e. The normalized spacial score (nSPS) is 28.5. The van der Waals surface area contributed by atoms with Gasteiger partial charge < -0.3 is 50.2 Å².